The molecule has 0 fully saturated rings. The second kappa shape index (κ2) is 7.42. The molecule has 1 nitrogen and oxygen atoms in total. The van der Waals surface area contributed by atoms with Gasteiger partial charge >= 0.3 is 0 Å². The van der Waals surface area contributed by atoms with E-state index in [4.69, 9.17) is 0 Å². The van der Waals surface area contributed by atoms with Crippen LogP contribution in [0, 0.1) is 5.92 Å². The van der Waals surface area contributed by atoms with Crippen LogP contribution in [0.3, 0.4) is 0 Å². The first-order chi connectivity index (χ1) is 10.0. The summed E-state index contributed by atoms with van der Waals surface area (Å²) in [5, 5.41) is 3.45. The standard InChI is InChI=1S/C20H27N/c1-15(2)12-18-6-5-7-20(13-18)19-10-8-17(9-11-19)14-21-16(3)4/h5-11,13,15-16,21H,12,14H2,1-4H3. The van der Waals surface area contributed by atoms with E-state index in [1.165, 1.54) is 22.3 Å². The molecule has 0 unspecified atom stereocenters. The molecule has 0 heterocycles. The number of rotatable bonds is 6. The third-order valence-corrected chi connectivity index (χ3v) is 3.57. The number of hydrogen-bond donors (Lipinski definition) is 1. The van der Waals surface area contributed by atoms with Crippen molar-refractivity contribution >= 4 is 0 Å². The molecule has 0 aliphatic rings. The predicted molar refractivity (Wildman–Crippen MR) is 92.4 cm³/mol. The molecule has 0 amide bonds. The minimum atomic E-state index is 0.525. The Bertz CT molecular complexity index is 552. The van der Waals surface area contributed by atoms with Gasteiger partial charge in [-0.05, 0) is 34.6 Å². The number of benzene rings is 2. The number of hydrogen-bond acceptors (Lipinski definition) is 1. The summed E-state index contributed by atoms with van der Waals surface area (Å²) >= 11 is 0. The van der Waals surface area contributed by atoms with E-state index in [1.54, 1.807) is 0 Å². The highest BCUT2D eigenvalue weighted by atomic mass is 14.9. The molecule has 1 N–H and O–H groups in total. The lowest BCUT2D eigenvalue weighted by molar-refractivity contribution is 0.589. The zero-order chi connectivity index (χ0) is 15.2. The van der Waals surface area contributed by atoms with Crippen LogP contribution in [0.5, 0.6) is 0 Å². The highest BCUT2D eigenvalue weighted by molar-refractivity contribution is 5.64. The van der Waals surface area contributed by atoms with Crippen molar-refractivity contribution in [2.75, 3.05) is 0 Å². The molecule has 1 heteroatoms. The molecule has 0 aliphatic heterocycles. The second-order valence-corrected chi connectivity index (χ2v) is 6.53. The lowest BCUT2D eigenvalue weighted by Gasteiger charge is -2.10. The SMILES string of the molecule is CC(C)Cc1cccc(-c2ccc(CNC(C)C)cc2)c1. The van der Waals surface area contributed by atoms with Crippen molar-refractivity contribution in [2.45, 2.75) is 46.7 Å². The molecular formula is C20H27N. The van der Waals surface area contributed by atoms with Crippen LogP contribution in [0.25, 0.3) is 11.1 Å². The minimum Gasteiger partial charge on any atom is -0.310 e. The van der Waals surface area contributed by atoms with Crippen LogP contribution in [-0.2, 0) is 13.0 Å². The van der Waals surface area contributed by atoms with Crippen LogP contribution in [0.15, 0.2) is 48.5 Å². The molecule has 0 atom stereocenters. The molecule has 0 aliphatic carbocycles. The molecule has 21 heavy (non-hydrogen) atoms. The van der Waals surface area contributed by atoms with E-state index in [-0.39, 0.29) is 0 Å². The van der Waals surface area contributed by atoms with Crippen LogP contribution < -0.4 is 5.32 Å². The zero-order valence-electron chi connectivity index (χ0n) is 13.7. The molecule has 0 saturated carbocycles. The first-order valence-electron chi connectivity index (χ1n) is 7.96. The van der Waals surface area contributed by atoms with Gasteiger partial charge in [-0.3, -0.25) is 0 Å². The fraction of sp³-hybridized carbons (Fsp3) is 0.400. The highest BCUT2D eigenvalue weighted by Crippen LogP contribution is 2.22. The van der Waals surface area contributed by atoms with Gasteiger partial charge in [0, 0.05) is 12.6 Å². The molecule has 0 spiro atoms. The van der Waals surface area contributed by atoms with Gasteiger partial charge in [-0.2, -0.15) is 0 Å². The average molecular weight is 281 g/mol. The summed E-state index contributed by atoms with van der Waals surface area (Å²) in [5.74, 6) is 0.699. The second-order valence-electron chi connectivity index (χ2n) is 6.53. The lowest BCUT2D eigenvalue weighted by atomic mass is 9.97. The van der Waals surface area contributed by atoms with Gasteiger partial charge in [-0.1, -0.05) is 76.2 Å². The Balaban J connectivity index is 2.11. The van der Waals surface area contributed by atoms with Crippen LogP contribution in [-0.4, -0.2) is 6.04 Å². The first kappa shape index (κ1) is 15.8. The van der Waals surface area contributed by atoms with Crippen LogP contribution in [0.1, 0.15) is 38.8 Å². The summed E-state index contributed by atoms with van der Waals surface area (Å²) in [7, 11) is 0. The maximum atomic E-state index is 3.45. The van der Waals surface area contributed by atoms with Crippen LogP contribution >= 0.6 is 0 Å². The van der Waals surface area contributed by atoms with Gasteiger partial charge in [0.2, 0.25) is 0 Å². The molecule has 2 aromatic rings. The van der Waals surface area contributed by atoms with Crippen LogP contribution in [0.2, 0.25) is 0 Å². The Morgan fingerprint density at radius 3 is 2.14 bits per heavy atom. The summed E-state index contributed by atoms with van der Waals surface area (Å²) in [6, 6.07) is 18.3. The molecule has 0 radical (unpaired) electrons. The zero-order valence-corrected chi connectivity index (χ0v) is 13.7. The van der Waals surface area contributed by atoms with Crippen LogP contribution in [0.4, 0.5) is 0 Å². The van der Waals surface area contributed by atoms with E-state index in [0.717, 1.165) is 13.0 Å². The molecule has 112 valence electrons. The summed E-state index contributed by atoms with van der Waals surface area (Å²) in [6.07, 6.45) is 1.14. The van der Waals surface area contributed by atoms with E-state index >= 15 is 0 Å². The third kappa shape index (κ3) is 5.02. The molecular weight excluding hydrogens is 254 g/mol. The van der Waals surface area contributed by atoms with Crippen molar-refractivity contribution in [2.24, 2.45) is 5.92 Å². The Morgan fingerprint density at radius 1 is 0.810 bits per heavy atom. The number of nitrogens with one attached hydrogen (secondary N) is 1. The summed E-state index contributed by atoms with van der Waals surface area (Å²) in [6.45, 7) is 9.82. The van der Waals surface area contributed by atoms with Crippen molar-refractivity contribution in [3.8, 4) is 11.1 Å². The van der Waals surface area contributed by atoms with Gasteiger partial charge < -0.3 is 5.32 Å². The van der Waals surface area contributed by atoms with Crippen molar-refractivity contribution < 1.29 is 0 Å². The molecule has 0 bridgehead atoms. The highest BCUT2D eigenvalue weighted by Gasteiger charge is 2.02. The van der Waals surface area contributed by atoms with Gasteiger partial charge in [0.25, 0.3) is 0 Å². The molecule has 2 aromatic carbocycles. The fourth-order valence-corrected chi connectivity index (χ4v) is 2.49. The van der Waals surface area contributed by atoms with Crippen molar-refractivity contribution in [1.82, 2.24) is 5.32 Å². The maximum absolute atomic E-state index is 3.45. The predicted octanol–water partition coefficient (Wildman–Crippen LogP) is 5.05. The topological polar surface area (TPSA) is 12.0 Å². The van der Waals surface area contributed by atoms with E-state index in [0.29, 0.717) is 12.0 Å². The third-order valence-electron chi connectivity index (χ3n) is 3.57. The van der Waals surface area contributed by atoms with E-state index in [9.17, 15) is 0 Å². The minimum absolute atomic E-state index is 0.525. The van der Waals surface area contributed by atoms with Gasteiger partial charge in [0.1, 0.15) is 0 Å². The maximum Gasteiger partial charge on any atom is 0.0207 e. The van der Waals surface area contributed by atoms with Gasteiger partial charge in [-0.25, -0.2) is 0 Å². The first-order valence-corrected chi connectivity index (χ1v) is 7.96. The van der Waals surface area contributed by atoms with Gasteiger partial charge in [-0.15, -0.1) is 0 Å². The quantitative estimate of drug-likeness (QED) is 0.781. The summed E-state index contributed by atoms with van der Waals surface area (Å²) < 4.78 is 0. The Kier molecular flexibility index (Phi) is 5.58. The monoisotopic (exact) mass is 281 g/mol. The lowest BCUT2D eigenvalue weighted by Crippen LogP contribution is -2.21. The smallest absolute Gasteiger partial charge is 0.0207 e. The molecule has 0 aromatic heterocycles. The molecule has 0 saturated heterocycles. The van der Waals surface area contributed by atoms with E-state index < -0.39 is 0 Å². The largest absolute Gasteiger partial charge is 0.310 e. The summed E-state index contributed by atoms with van der Waals surface area (Å²) in [4.78, 5) is 0. The normalized spacial score (nSPS) is 11.3. The summed E-state index contributed by atoms with van der Waals surface area (Å²) in [5.41, 5.74) is 5.38. The Labute approximate surface area is 129 Å². The average Bonchev–Trinajstić information content (AvgIpc) is 2.45. The Morgan fingerprint density at radius 2 is 1.52 bits per heavy atom. The molecule has 2 rings (SSSR count). The van der Waals surface area contributed by atoms with E-state index in [2.05, 4.69) is 81.5 Å². The van der Waals surface area contributed by atoms with E-state index in [1.807, 2.05) is 0 Å². The fourth-order valence-electron chi connectivity index (χ4n) is 2.49. The van der Waals surface area contributed by atoms with Gasteiger partial charge in [0.15, 0.2) is 0 Å². The van der Waals surface area contributed by atoms with Crippen molar-refractivity contribution in [3.05, 3.63) is 59.7 Å². The van der Waals surface area contributed by atoms with Gasteiger partial charge in [0.05, 0.1) is 0 Å². The van der Waals surface area contributed by atoms with Crippen molar-refractivity contribution in [3.63, 3.8) is 0 Å². The van der Waals surface area contributed by atoms with Crippen molar-refractivity contribution in [1.29, 1.82) is 0 Å². The Hall–Kier alpha value is -1.60.